The maximum absolute atomic E-state index is 11.7. The lowest BCUT2D eigenvalue weighted by atomic mass is 9.61. The molecular weight excluding hydrogens is 160 g/mol. The highest BCUT2D eigenvalue weighted by Crippen LogP contribution is 2.46. The molecule has 0 heterocycles. The van der Waals surface area contributed by atoms with Crippen LogP contribution in [0.15, 0.2) is 30.3 Å². The molecule has 1 atom stereocenters. The van der Waals surface area contributed by atoms with E-state index in [1.165, 1.54) is 5.56 Å². The second-order valence-corrected chi connectivity index (χ2v) is 4.42. The van der Waals surface area contributed by atoms with Gasteiger partial charge >= 0.3 is 0 Å². The van der Waals surface area contributed by atoms with E-state index in [0.717, 1.165) is 6.42 Å². The standard InChI is InChI=1S/C12H14O/c1-12(2)8-10(11(12)13)9-6-4-3-5-7-9/h3-7,10H,8H2,1-2H3. The lowest BCUT2D eigenvalue weighted by Gasteiger charge is -2.40. The van der Waals surface area contributed by atoms with Gasteiger partial charge in [0.15, 0.2) is 0 Å². The molecule has 1 aliphatic rings. The maximum Gasteiger partial charge on any atom is 0.145 e. The number of hydrogen-bond donors (Lipinski definition) is 0. The third-order valence-electron chi connectivity index (χ3n) is 2.90. The van der Waals surface area contributed by atoms with Crippen LogP contribution in [0.4, 0.5) is 0 Å². The summed E-state index contributed by atoms with van der Waals surface area (Å²) in [6.45, 7) is 4.05. The van der Waals surface area contributed by atoms with Crippen LogP contribution in [0, 0.1) is 5.41 Å². The first-order valence-electron chi connectivity index (χ1n) is 4.70. The van der Waals surface area contributed by atoms with E-state index in [1.54, 1.807) is 0 Å². The van der Waals surface area contributed by atoms with Crippen molar-refractivity contribution in [3.63, 3.8) is 0 Å². The summed E-state index contributed by atoms with van der Waals surface area (Å²) in [5.74, 6) is 0.551. The molecule has 0 radical (unpaired) electrons. The molecule has 68 valence electrons. The molecule has 0 aliphatic heterocycles. The van der Waals surface area contributed by atoms with E-state index in [-0.39, 0.29) is 11.3 Å². The molecule has 0 N–H and O–H groups in total. The molecule has 1 fully saturated rings. The fraction of sp³-hybridized carbons (Fsp3) is 0.417. The molecule has 1 aromatic rings. The third kappa shape index (κ3) is 1.28. The zero-order valence-corrected chi connectivity index (χ0v) is 8.08. The van der Waals surface area contributed by atoms with Gasteiger partial charge in [-0.25, -0.2) is 0 Å². The third-order valence-corrected chi connectivity index (χ3v) is 2.90. The first kappa shape index (κ1) is 8.49. The van der Waals surface area contributed by atoms with E-state index in [2.05, 4.69) is 0 Å². The Morgan fingerprint density at radius 2 is 1.85 bits per heavy atom. The van der Waals surface area contributed by atoms with E-state index < -0.39 is 0 Å². The van der Waals surface area contributed by atoms with Gasteiger partial charge in [-0.1, -0.05) is 44.2 Å². The fourth-order valence-electron chi connectivity index (χ4n) is 2.00. The Morgan fingerprint density at radius 3 is 2.31 bits per heavy atom. The molecule has 0 saturated heterocycles. The SMILES string of the molecule is CC1(C)CC(c2ccccc2)C1=O. The highest BCUT2D eigenvalue weighted by atomic mass is 16.1. The van der Waals surface area contributed by atoms with Crippen LogP contribution in [0.1, 0.15) is 31.7 Å². The summed E-state index contributed by atoms with van der Waals surface area (Å²) in [4.78, 5) is 11.7. The summed E-state index contributed by atoms with van der Waals surface area (Å²) in [6, 6.07) is 10.1. The van der Waals surface area contributed by atoms with Gasteiger partial charge in [0.1, 0.15) is 5.78 Å². The minimum absolute atomic E-state index is 0.0828. The first-order valence-corrected chi connectivity index (χ1v) is 4.70. The molecule has 0 aromatic heterocycles. The highest BCUT2D eigenvalue weighted by molar-refractivity contribution is 5.96. The van der Waals surface area contributed by atoms with Crippen molar-refractivity contribution in [3.8, 4) is 0 Å². The number of rotatable bonds is 1. The average molecular weight is 174 g/mol. The molecule has 2 rings (SSSR count). The van der Waals surface area contributed by atoms with E-state index in [4.69, 9.17) is 0 Å². The van der Waals surface area contributed by atoms with Crippen molar-refractivity contribution in [2.75, 3.05) is 0 Å². The zero-order valence-electron chi connectivity index (χ0n) is 8.08. The molecular formula is C12H14O. The summed E-state index contributed by atoms with van der Waals surface area (Å²) in [6.07, 6.45) is 0.996. The van der Waals surface area contributed by atoms with Gasteiger partial charge in [-0.05, 0) is 12.0 Å². The Morgan fingerprint density at radius 1 is 1.23 bits per heavy atom. The van der Waals surface area contributed by atoms with Crippen molar-refractivity contribution in [2.45, 2.75) is 26.2 Å². The van der Waals surface area contributed by atoms with Crippen LogP contribution in [-0.2, 0) is 4.79 Å². The normalized spacial score (nSPS) is 25.4. The van der Waals surface area contributed by atoms with Gasteiger partial charge in [0.25, 0.3) is 0 Å². The van der Waals surface area contributed by atoms with E-state index in [1.807, 2.05) is 44.2 Å². The lowest BCUT2D eigenvalue weighted by Crippen LogP contribution is -2.42. The van der Waals surface area contributed by atoms with Crippen molar-refractivity contribution >= 4 is 5.78 Å². The summed E-state index contributed by atoms with van der Waals surface area (Å²) in [5, 5.41) is 0. The summed E-state index contributed by atoms with van der Waals surface area (Å²) >= 11 is 0. The van der Waals surface area contributed by atoms with Gasteiger partial charge in [0.2, 0.25) is 0 Å². The molecule has 0 spiro atoms. The fourth-order valence-corrected chi connectivity index (χ4v) is 2.00. The predicted octanol–water partition coefficient (Wildman–Crippen LogP) is 2.77. The second kappa shape index (κ2) is 2.69. The lowest BCUT2D eigenvalue weighted by molar-refractivity contribution is -0.138. The van der Waals surface area contributed by atoms with Gasteiger partial charge in [0.05, 0.1) is 0 Å². The van der Waals surface area contributed by atoms with Crippen LogP contribution in [0.2, 0.25) is 0 Å². The molecule has 0 amide bonds. The molecule has 13 heavy (non-hydrogen) atoms. The summed E-state index contributed by atoms with van der Waals surface area (Å²) in [5.41, 5.74) is 1.09. The topological polar surface area (TPSA) is 17.1 Å². The molecule has 0 bridgehead atoms. The maximum atomic E-state index is 11.7. The van der Waals surface area contributed by atoms with Gasteiger partial charge in [-0.15, -0.1) is 0 Å². The number of hydrogen-bond acceptors (Lipinski definition) is 1. The van der Waals surface area contributed by atoms with E-state index in [9.17, 15) is 4.79 Å². The minimum Gasteiger partial charge on any atom is -0.298 e. The number of carbonyl (C=O) groups is 1. The molecule has 1 aliphatic carbocycles. The summed E-state index contributed by atoms with van der Waals surface area (Å²) < 4.78 is 0. The largest absolute Gasteiger partial charge is 0.298 e. The smallest absolute Gasteiger partial charge is 0.145 e. The molecule has 1 saturated carbocycles. The Bertz CT molecular complexity index is 324. The Balaban J connectivity index is 2.20. The van der Waals surface area contributed by atoms with Crippen LogP contribution < -0.4 is 0 Å². The molecule has 1 heteroatoms. The Hall–Kier alpha value is -1.11. The average Bonchev–Trinajstić information content (AvgIpc) is 2.15. The number of Topliss-reactive ketones (excluding diaryl/α,β-unsaturated/α-hetero) is 1. The van der Waals surface area contributed by atoms with Crippen molar-refractivity contribution < 1.29 is 4.79 Å². The van der Waals surface area contributed by atoms with Crippen molar-refractivity contribution in [2.24, 2.45) is 5.41 Å². The monoisotopic (exact) mass is 174 g/mol. The van der Waals surface area contributed by atoms with Gasteiger partial charge in [-0.3, -0.25) is 4.79 Å². The highest BCUT2D eigenvalue weighted by Gasteiger charge is 2.46. The quantitative estimate of drug-likeness (QED) is 0.639. The first-order chi connectivity index (χ1) is 6.11. The van der Waals surface area contributed by atoms with Crippen molar-refractivity contribution in [1.82, 2.24) is 0 Å². The van der Waals surface area contributed by atoms with Gasteiger partial charge in [0, 0.05) is 11.3 Å². The van der Waals surface area contributed by atoms with Gasteiger partial charge in [-0.2, -0.15) is 0 Å². The second-order valence-electron chi connectivity index (χ2n) is 4.42. The predicted molar refractivity (Wildman–Crippen MR) is 52.6 cm³/mol. The molecule has 1 nitrogen and oxygen atoms in total. The Labute approximate surface area is 78.8 Å². The molecule has 1 aromatic carbocycles. The van der Waals surface area contributed by atoms with Gasteiger partial charge < -0.3 is 0 Å². The van der Waals surface area contributed by atoms with Crippen LogP contribution in [0.3, 0.4) is 0 Å². The van der Waals surface area contributed by atoms with E-state index >= 15 is 0 Å². The van der Waals surface area contributed by atoms with Crippen LogP contribution >= 0.6 is 0 Å². The van der Waals surface area contributed by atoms with E-state index in [0.29, 0.717) is 5.78 Å². The minimum atomic E-state index is -0.0828. The number of ketones is 1. The molecule has 1 unspecified atom stereocenters. The number of benzene rings is 1. The van der Waals surface area contributed by atoms with Crippen molar-refractivity contribution in [1.29, 1.82) is 0 Å². The van der Waals surface area contributed by atoms with Crippen LogP contribution in [-0.4, -0.2) is 5.78 Å². The Kier molecular flexibility index (Phi) is 1.76. The summed E-state index contributed by atoms with van der Waals surface area (Å²) in [7, 11) is 0. The van der Waals surface area contributed by atoms with Crippen LogP contribution in [0.5, 0.6) is 0 Å². The zero-order chi connectivity index (χ0) is 9.47. The van der Waals surface area contributed by atoms with Crippen LogP contribution in [0.25, 0.3) is 0 Å². The van der Waals surface area contributed by atoms with Crippen molar-refractivity contribution in [3.05, 3.63) is 35.9 Å². The number of carbonyl (C=O) groups excluding carboxylic acids is 1.